The van der Waals surface area contributed by atoms with Gasteiger partial charge in [0.1, 0.15) is 13.2 Å². The summed E-state index contributed by atoms with van der Waals surface area (Å²) in [6, 6.07) is -0.395. The molecule has 3 fully saturated rings. The van der Waals surface area contributed by atoms with E-state index >= 15 is 0 Å². The highest BCUT2D eigenvalue weighted by Gasteiger charge is 2.46. The molecule has 3 aliphatic rings. The fourth-order valence-electron chi connectivity index (χ4n) is 6.65. The molecule has 1 aliphatic carbocycles. The minimum Gasteiger partial charge on any atom is -0.464 e. The number of hydrogen-bond acceptors (Lipinski definition) is 10. The van der Waals surface area contributed by atoms with Gasteiger partial charge in [0.15, 0.2) is 23.4 Å². The molecule has 3 rings (SSSR count). The van der Waals surface area contributed by atoms with Gasteiger partial charge in [0.25, 0.3) is 0 Å². The molecule has 2 N–H and O–H groups in total. The summed E-state index contributed by atoms with van der Waals surface area (Å²) in [5.74, 6) is -7.59. The maximum absolute atomic E-state index is 13.3. The highest BCUT2D eigenvalue weighted by atomic mass is 16.6. The Bertz CT molecular complexity index is 1120. The van der Waals surface area contributed by atoms with Crippen molar-refractivity contribution in [2.75, 3.05) is 46.2 Å². The average molecular weight is 623 g/mol. The van der Waals surface area contributed by atoms with Crippen LogP contribution in [0.1, 0.15) is 80.6 Å². The molecule has 1 saturated carbocycles. The number of nitrogens with one attached hydrogen (secondary N) is 2. The standard InChI is InChI=1S/C32H50N2O10/c1-8-31(14-41-15-31)18-43-27(39)23(20(3)35)25(37)33-13-30(7)11-22(10-29(5,6)12-30)34-26(38)24(21(4)36)28(40)44-19-32(9-2)16-42-17-32/h22-24H,8-19H2,1-7H3,(H,33,37)(H,34,38). The van der Waals surface area contributed by atoms with Crippen molar-refractivity contribution in [2.45, 2.75) is 86.6 Å². The van der Waals surface area contributed by atoms with Crippen LogP contribution >= 0.6 is 0 Å². The Balaban J connectivity index is 1.61. The minimum absolute atomic E-state index is 0.0787. The predicted octanol–water partition coefficient (Wildman–Crippen LogP) is 2.15. The van der Waals surface area contributed by atoms with Gasteiger partial charge >= 0.3 is 11.9 Å². The predicted molar refractivity (Wildman–Crippen MR) is 158 cm³/mol. The maximum atomic E-state index is 13.3. The SMILES string of the molecule is CCC1(COC(=O)C(C(C)=O)C(=O)NCC2(C)CC(NC(=O)C(C(C)=O)C(=O)OCC3(CC)COC3)CC(C)(C)C2)COC1. The summed E-state index contributed by atoms with van der Waals surface area (Å²) < 4.78 is 21.3. The van der Waals surface area contributed by atoms with E-state index in [-0.39, 0.29) is 36.0 Å². The smallest absolute Gasteiger partial charge is 0.326 e. The van der Waals surface area contributed by atoms with Crippen LogP contribution in [0.5, 0.6) is 0 Å². The van der Waals surface area contributed by atoms with Crippen LogP contribution in [0.15, 0.2) is 0 Å². The fraction of sp³-hybridized carbons (Fsp3) is 0.812. The second kappa shape index (κ2) is 14.1. The second-order valence-electron chi connectivity index (χ2n) is 14.5. The quantitative estimate of drug-likeness (QED) is 0.204. The van der Waals surface area contributed by atoms with Crippen molar-refractivity contribution >= 4 is 35.3 Å². The number of ketones is 2. The van der Waals surface area contributed by atoms with Gasteiger partial charge in [0.2, 0.25) is 11.8 Å². The van der Waals surface area contributed by atoms with Crippen molar-refractivity contribution in [3.05, 3.63) is 0 Å². The number of Topliss-reactive ketones (excluding diaryl/α,β-unsaturated/α-hetero) is 2. The first kappa shape index (κ1) is 35.6. The largest absolute Gasteiger partial charge is 0.464 e. The van der Waals surface area contributed by atoms with E-state index in [1.807, 2.05) is 34.6 Å². The normalized spacial score (nSPS) is 26.0. The number of carbonyl (C=O) groups is 6. The third-order valence-electron chi connectivity index (χ3n) is 9.46. The summed E-state index contributed by atoms with van der Waals surface area (Å²) in [7, 11) is 0. The van der Waals surface area contributed by atoms with E-state index in [1.165, 1.54) is 13.8 Å². The van der Waals surface area contributed by atoms with Crippen LogP contribution in [0.25, 0.3) is 0 Å². The molecule has 2 amide bonds. The molecule has 0 aromatic rings. The number of amides is 2. The lowest BCUT2D eigenvalue weighted by atomic mass is 9.62. The molecule has 0 aromatic heterocycles. The summed E-state index contributed by atoms with van der Waals surface area (Å²) in [4.78, 5) is 76.7. The van der Waals surface area contributed by atoms with Crippen LogP contribution in [-0.2, 0) is 47.7 Å². The molecule has 0 radical (unpaired) electrons. The van der Waals surface area contributed by atoms with Crippen molar-refractivity contribution in [3.63, 3.8) is 0 Å². The van der Waals surface area contributed by atoms with Crippen molar-refractivity contribution in [1.29, 1.82) is 0 Å². The summed E-state index contributed by atoms with van der Waals surface area (Å²) in [6.07, 6.45) is 3.19. The van der Waals surface area contributed by atoms with Gasteiger partial charge < -0.3 is 29.6 Å². The van der Waals surface area contributed by atoms with E-state index < -0.39 is 58.6 Å². The van der Waals surface area contributed by atoms with Gasteiger partial charge in [-0.15, -0.1) is 0 Å². The van der Waals surface area contributed by atoms with Gasteiger partial charge in [-0.3, -0.25) is 28.8 Å². The van der Waals surface area contributed by atoms with Gasteiger partial charge in [0, 0.05) is 12.6 Å². The van der Waals surface area contributed by atoms with Crippen LogP contribution < -0.4 is 10.6 Å². The molecule has 0 bridgehead atoms. The third kappa shape index (κ3) is 8.65. The third-order valence-corrected chi connectivity index (χ3v) is 9.46. The molecule has 2 saturated heterocycles. The van der Waals surface area contributed by atoms with Crippen molar-refractivity contribution in [2.24, 2.45) is 33.5 Å². The minimum atomic E-state index is -1.58. The average Bonchev–Trinajstić information content (AvgIpc) is 2.85. The molecule has 4 unspecified atom stereocenters. The van der Waals surface area contributed by atoms with E-state index in [9.17, 15) is 28.8 Å². The molecular weight excluding hydrogens is 572 g/mol. The first-order chi connectivity index (χ1) is 20.5. The Morgan fingerprint density at radius 1 is 0.750 bits per heavy atom. The molecule has 248 valence electrons. The summed E-state index contributed by atoms with van der Waals surface area (Å²) >= 11 is 0. The van der Waals surface area contributed by atoms with Gasteiger partial charge in [0.05, 0.1) is 37.3 Å². The van der Waals surface area contributed by atoms with E-state index in [2.05, 4.69) is 10.6 Å². The fourth-order valence-corrected chi connectivity index (χ4v) is 6.65. The summed E-state index contributed by atoms with van der Waals surface area (Å²) in [6.45, 7) is 14.5. The molecule has 4 atom stereocenters. The molecule has 12 nitrogen and oxygen atoms in total. The van der Waals surface area contributed by atoms with E-state index in [0.29, 0.717) is 45.7 Å². The monoisotopic (exact) mass is 622 g/mol. The molecule has 0 spiro atoms. The highest BCUT2D eigenvalue weighted by Crippen LogP contribution is 2.46. The van der Waals surface area contributed by atoms with Crippen LogP contribution in [-0.4, -0.2) is 87.5 Å². The van der Waals surface area contributed by atoms with Gasteiger partial charge in [-0.1, -0.05) is 34.6 Å². The molecule has 0 aromatic carbocycles. The molecule has 2 aliphatic heterocycles. The van der Waals surface area contributed by atoms with E-state index in [4.69, 9.17) is 18.9 Å². The zero-order valence-electron chi connectivity index (χ0n) is 27.3. The first-order valence-electron chi connectivity index (χ1n) is 15.6. The van der Waals surface area contributed by atoms with Crippen molar-refractivity contribution < 1.29 is 47.7 Å². The lowest BCUT2D eigenvalue weighted by Crippen LogP contribution is -2.54. The lowest BCUT2D eigenvalue weighted by Gasteiger charge is -2.47. The van der Waals surface area contributed by atoms with Crippen LogP contribution in [0.4, 0.5) is 0 Å². The highest BCUT2D eigenvalue weighted by molar-refractivity contribution is 6.16. The lowest BCUT2D eigenvalue weighted by molar-refractivity contribution is -0.177. The second-order valence-corrected chi connectivity index (χ2v) is 14.5. The van der Waals surface area contributed by atoms with Crippen molar-refractivity contribution in [1.82, 2.24) is 10.6 Å². The zero-order valence-corrected chi connectivity index (χ0v) is 27.3. The Hall–Kier alpha value is -2.86. The Morgan fingerprint density at radius 3 is 1.59 bits per heavy atom. The Labute approximate surface area is 260 Å². The van der Waals surface area contributed by atoms with Crippen LogP contribution in [0.2, 0.25) is 0 Å². The number of carbonyl (C=O) groups excluding carboxylic acids is 6. The summed E-state index contributed by atoms with van der Waals surface area (Å²) in [5, 5.41) is 5.67. The molecular formula is C32H50N2O10. The Morgan fingerprint density at radius 2 is 1.20 bits per heavy atom. The van der Waals surface area contributed by atoms with Crippen molar-refractivity contribution in [3.8, 4) is 0 Å². The number of ether oxygens (including phenoxy) is 4. The molecule has 12 heteroatoms. The molecule has 2 heterocycles. The van der Waals surface area contributed by atoms with Gasteiger partial charge in [-0.2, -0.15) is 0 Å². The number of esters is 2. The van der Waals surface area contributed by atoms with Gasteiger partial charge in [-0.05, 0) is 56.8 Å². The van der Waals surface area contributed by atoms with E-state index in [0.717, 1.165) is 12.8 Å². The number of hydrogen-bond donors (Lipinski definition) is 2. The zero-order chi connectivity index (χ0) is 32.9. The van der Waals surface area contributed by atoms with Crippen LogP contribution in [0.3, 0.4) is 0 Å². The topological polar surface area (TPSA) is 163 Å². The van der Waals surface area contributed by atoms with E-state index in [1.54, 1.807) is 0 Å². The number of rotatable bonds is 15. The van der Waals surface area contributed by atoms with Crippen LogP contribution in [0, 0.1) is 33.5 Å². The maximum Gasteiger partial charge on any atom is 0.326 e. The van der Waals surface area contributed by atoms with Gasteiger partial charge in [-0.25, -0.2) is 0 Å². The Kier molecular flexibility index (Phi) is 11.4. The molecule has 44 heavy (non-hydrogen) atoms. The summed E-state index contributed by atoms with van der Waals surface area (Å²) in [5.41, 5.74) is -1.36. The first-order valence-corrected chi connectivity index (χ1v) is 15.6.